The lowest BCUT2D eigenvalue weighted by Gasteiger charge is -2.43. The van der Waals surface area contributed by atoms with Crippen molar-refractivity contribution in [2.45, 2.75) is 52.7 Å². The van der Waals surface area contributed by atoms with E-state index >= 15 is 0 Å². The maximum absolute atomic E-state index is 13.6. The second-order valence-electron chi connectivity index (χ2n) is 9.14. The summed E-state index contributed by atoms with van der Waals surface area (Å²) in [4.78, 5) is 44.2. The average Bonchev–Trinajstić information content (AvgIpc) is 2.79. The first kappa shape index (κ1) is 26.5. The number of esters is 1. The zero-order valence-electron chi connectivity index (χ0n) is 21.1. The van der Waals surface area contributed by atoms with Crippen LogP contribution in [0.4, 0.5) is 14.0 Å². The van der Waals surface area contributed by atoms with Crippen LogP contribution in [0.25, 0.3) is 0 Å². The molecule has 3 rings (SSSR count). The van der Waals surface area contributed by atoms with Crippen LogP contribution in [0.1, 0.15) is 46.2 Å². The van der Waals surface area contributed by atoms with Crippen LogP contribution < -0.4 is 10.6 Å². The Bertz CT molecular complexity index is 965. The fourth-order valence-electron chi connectivity index (χ4n) is 4.58. The van der Waals surface area contributed by atoms with Crippen LogP contribution >= 0.6 is 0 Å². The van der Waals surface area contributed by atoms with E-state index in [1.165, 1.54) is 12.1 Å². The van der Waals surface area contributed by atoms with E-state index in [9.17, 15) is 18.8 Å². The zero-order chi connectivity index (χ0) is 25.7. The second-order valence-corrected chi connectivity index (χ2v) is 9.14. The number of carbonyl (C=O) groups is 3. The third-order valence-electron chi connectivity index (χ3n) is 6.21. The van der Waals surface area contributed by atoms with Gasteiger partial charge in [-0.25, -0.2) is 18.8 Å². The fraction of sp³-hybridized carbons (Fsp3) is 0.560. The van der Waals surface area contributed by atoms with Crippen LogP contribution in [-0.4, -0.2) is 84.1 Å². The number of urea groups is 2. The summed E-state index contributed by atoms with van der Waals surface area (Å²) in [6.07, 6.45) is 0. The number of likely N-dealkylation sites (N-methyl/N-ethyl adjacent to an activating group) is 1. The van der Waals surface area contributed by atoms with Gasteiger partial charge < -0.3 is 20.3 Å². The van der Waals surface area contributed by atoms with Gasteiger partial charge in [-0.15, -0.1) is 0 Å². The third kappa shape index (κ3) is 6.11. The van der Waals surface area contributed by atoms with Crippen LogP contribution in [0.15, 0.2) is 35.5 Å². The number of rotatable bonds is 7. The SMILES string of the molecule is CCOC(=O)C1=C(CN2CCN(C(=O)NC(C)C)C(C)C2)N(CC)C(=O)NC1c1ccc(F)cc1. The zero-order valence-corrected chi connectivity index (χ0v) is 21.1. The summed E-state index contributed by atoms with van der Waals surface area (Å²) in [5.74, 6) is -0.917. The van der Waals surface area contributed by atoms with Gasteiger partial charge in [-0.05, 0) is 52.3 Å². The molecule has 1 fully saturated rings. The molecule has 2 unspecified atom stereocenters. The van der Waals surface area contributed by atoms with Gasteiger partial charge in [0.05, 0.1) is 18.2 Å². The smallest absolute Gasteiger partial charge is 0.338 e. The summed E-state index contributed by atoms with van der Waals surface area (Å²) < 4.78 is 18.9. The first-order chi connectivity index (χ1) is 16.7. The van der Waals surface area contributed by atoms with Crippen LogP contribution in [-0.2, 0) is 9.53 Å². The number of nitrogens with one attached hydrogen (secondary N) is 2. The summed E-state index contributed by atoms with van der Waals surface area (Å²) in [6, 6.07) is 4.56. The van der Waals surface area contributed by atoms with Crippen LogP contribution in [0.2, 0.25) is 0 Å². The van der Waals surface area contributed by atoms with Crippen molar-refractivity contribution < 1.29 is 23.5 Å². The molecule has 0 aliphatic carbocycles. The molecular formula is C25H36FN5O4. The molecule has 2 aliphatic rings. The Labute approximate surface area is 206 Å². The number of carbonyl (C=O) groups excluding carboxylic acids is 3. The lowest BCUT2D eigenvalue weighted by molar-refractivity contribution is -0.139. The molecule has 1 saturated heterocycles. The highest BCUT2D eigenvalue weighted by atomic mass is 19.1. The first-order valence-electron chi connectivity index (χ1n) is 12.2. The van der Waals surface area contributed by atoms with Crippen LogP contribution in [0.3, 0.4) is 0 Å². The maximum Gasteiger partial charge on any atom is 0.338 e. The summed E-state index contributed by atoms with van der Waals surface area (Å²) >= 11 is 0. The highest BCUT2D eigenvalue weighted by molar-refractivity contribution is 5.95. The lowest BCUT2D eigenvalue weighted by Crippen LogP contribution is -2.58. The molecule has 0 aromatic heterocycles. The van der Waals surface area contributed by atoms with Crippen molar-refractivity contribution in [2.24, 2.45) is 0 Å². The number of benzene rings is 1. The predicted octanol–water partition coefficient (Wildman–Crippen LogP) is 2.85. The van der Waals surface area contributed by atoms with E-state index in [-0.39, 0.29) is 30.8 Å². The van der Waals surface area contributed by atoms with Crippen molar-refractivity contribution in [3.05, 3.63) is 46.9 Å². The molecule has 1 aromatic rings. The molecule has 0 spiro atoms. The minimum atomic E-state index is -0.754. The van der Waals surface area contributed by atoms with Crippen LogP contribution in [0.5, 0.6) is 0 Å². The van der Waals surface area contributed by atoms with Gasteiger partial charge in [0.25, 0.3) is 0 Å². The second kappa shape index (κ2) is 11.5. The third-order valence-corrected chi connectivity index (χ3v) is 6.21. The van der Waals surface area contributed by atoms with Crippen molar-refractivity contribution in [1.82, 2.24) is 25.3 Å². The molecule has 2 N–H and O–H groups in total. The molecule has 10 heteroatoms. The summed E-state index contributed by atoms with van der Waals surface area (Å²) in [7, 11) is 0. The molecule has 2 heterocycles. The first-order valence-corrected chi connectivity index (χ1v) is 12.2. The lowest BCUT2D eigenvalue weighted by atomic mass is 9.94. The quantitative estimate of drug-likeness (QED) is 0.575. The number of amides is 4. The Morgan fingerprint density at radius 1 is 1.20 bits per heavy atom. The minimum Gasteiger partial charge on any atom is -0.463 e. The van der Waals surface area contributed by atoms with Crippen molar-refractivity contribution >= 4 is 18.0 Å². The maximum atomic E-state index is 13.6. The number of piperazine rings is 1. The van der Waals surface area contributed by atoms with Gasteiger partial charge in [0, 0.05) is 50.5 Å². The van der Waals surface area contributed by atoms with E-state index in [1.54, 1.807) is 24.0 Å². The molecule has 4 amide bonds. The number of nitrogens with zero attached hydrogens (tertiary/aromatic N) is 3. The van der Waals surface area contributed by atoms with E-state index < -0.39 is 17.8 Å². The Hall–Kier alpha value is -3.14. The van der Waals surface area contributed by atoms with Gasteiger partial charge in [0.2, 0.25) is 0 Å². The Morgan fingerprint density at radius 2 is 1.89 bits per heavy atom. The predicted molar refractivity (Wildman–Crippen MR) is 130 cm³/mol. The molecular weight excluding hydrogens is 453 g/mol. The molecule has 9 nitrogen and oxygen atoms in total. The standard InChI is InChI=1S/C25H36FN5O4/c1-6-30-20(15-29-12-13-31(17(5)14-29)24(33)27-16(3)4)21(23(32)35-7-2)22(28-25(30)34)18-8-10-19(26)11-9-18/h8-11,16-17,22H,6-7,12-15H2,1-5H3,(H,27,33)(H,28,34). The number of ether oxygens (including phenoxy) is 1. The van der Waals surface area contributed by atoms with E-state index in [2.05, 4.69) is 15.5 Å². The van der Waals surface area contributed by atoms with Crippen molar-refractivity contribution in [1.29, 1.82) is 0 Å². The van der Waals surface area contributed by atoms with Crippen LogP contribution in [0, 0.1) is 5.82 Å². The van der Waals surface area contributed by atoms with E-state index in [0.717, 1.165) is 0 Å². The highest BCUT2D eigenvalue weighted by Gasteiger charge is 2.39. The Balaban J connectivity index is 1.93. The van der Waals surface area contributed by atoms with E-state index in [4.69, 9.17) is 4.74 Å². The van der Waals surface area contributed by atoms with Crippen molar-refractivity contribution in [3.63, 3.8) is 0 Å². The molecule has 2 atom stereocenters. The molecule has 35 heavy (non-hydrogen) atoms. The summed E-state index contributed by atoms with van der Waals surface area (Å²) in [5, 5.41) is 5.82. The van der Waals surface area contributed by atoms with Gasteiger partial charge in [-0.2, -0.15) is 0 Å². The molecule has 0 saturated carbocycles. The van der Waals surface area contributed by atoms with Gasteiger partial charge in [0.15, 0.2) is 0 Å². The molecule has 2 aliphatic heterocycles. The average molecular weight is 490 g/mol. The fourth-order valence-corrected chi connectivity index (χ4v) is 4.58. The molecule has 0 bridgehead atoms. The number of hydrogen-bond donors (Lipinski definition) is 2. The van der Waals surface area contributed by atoms with E-state index in [0.29, 0.717) is 49.6 Å². The van der Waals surface area contributed by atoms with Gasteiger partial charge in [-0.1, -0.05) is 12.1 Å². The summed E-state index contributed by atoms with van der Waals surface area (Å²) in [5.41, 5.74) is 1.50. The van der Waals surface area contributed by atoms with Gasteiger partial charge >= 0.3 is 18.0 Å². The summed E-state index contributed by atoms with van der Waals surface area (Å²) in [6.45, 7) is 12.0. The van der Waals surface area contributed by atoms with Crippen molar-refractivity contribution in [3.8, 4) is 0 Å². The monoisotopic (exact) mass is 489 g/mol. The highest BCUT2D eigenvalue weighted by Crippen LogP contribution is 2.32. The Morgan fingerprint density at radius 3 is 2.46 bits per heavy atom. The number of halogens is 1. The van der Waals surface area contributed by atoms with Gasteiger partial charge in [0.1, 0.15) is 5.82 Å². The van der Waals surface area contributed by atoms with Gasteiger partial charge in [-0.3, -0.25) is 9.80 Å². The van der Waals surface area contributed by atoms with Crippen molar-refractivity contribution in [2.75, 3.05) is 39.3 Å². The molecule has 192 valence electrons. The normalized spacial score (nSPS) is 21.3. The minimum absolute atomic E-state index is 0.0467. The molecule has 1 aromatic carbocycles. The topological polar surface area (TPSA) is 94.2 Å². The number of hydrogen-bond acceptors (Lipinski definition) is 5. The Kier molecular flexibility index (Phi) is 8.71. The largest absolute Gasteiger partial charge is 0.463 e. The molecule has 0 radical (unpaired) electrons. The van der Waals surface area contributed by atoms with E-state index in [1.807, 2.05) is 32.6 Å².